The van der Waals surface area contributed by atoms with Crippen molar-refractivity contribution >= 4 is 15.7 Å². The molecule has 2 rings (SSSR count). The summed E-state index contributed by atoms with van der Waals surface area (Å²) >= 11 is 0. The van der Waals surface area contributed by atoms with Crippen molar-refractivity contribution in [3.05, 3.63) is 18.3 Å². The Labute approximate surface area is 113 Å². The molecule has 0 saturated heterocycles. The third kappa shape index (κ3) is 3.23. The first-order valence-electron chi connectivity index (χ1n) is 6.31. The van der Waals surface area contributed by atoms with Crippen LogP contribution in [0.25, 0.3) is 0 Å². The topological polar surface area (TPSA) is 80.3 Å². The van der Waals surface area contributed by atoms with Crippen LogP contribution in [-0.4, -0.2) is 39.2 Å². The number of rotatable bonds is 6. The maximum atomic E-state index is 12.3. The average molecular weight is 285 g/mol. The molecule has 1 heterocycles. The molecular formula is C12H19N3O3S. The monoisotopic (exact) mass is 285 g/mol. The summed E-state index contributed by atoms with van der Waals surface area (Å²) in [5, 5.41) is 3.06. The first kappa shape index (κ1) is 14.2. The van der Waals surface area contributed by atoms with Crippen molar-refractivity contribution in [2.75, 3.05) is 19.0 Å². The zero-order valence-electron chi connectivity index (χ0n) is 11.1. The molecular weight excluding hydrogens is 266 g/mol. The predicted octanol–water partition coefficient (Wildman–Crippen LogP) is 0.969. The van der Waals surface area contributed by atoms with Crippen LogP contribution in [0.15, 0.2) is 23.4 Å². The summed E-state index contributed by atoms with van der Waals surface area (Å²) in [6.45, 7) is 2.55. The minimum atomic E-state index is -3.58. The van der Waals surface area contributed by atoms with E-state index >= 15 is 0 Å². The van der Waals surface area contributed by atoms with Gasteiger partial charge in [0.2, 0.25) is 0 Å². The first-order valence-corrected chi connectivity index (χ1v) is 7.79. The minimum absolute atomic E-state index is 0.0534. The van der Waals surface area contributed by atoms with Crippen LogP contribution < -0.4 is 10.0 Å². The van der Waals surface area contributed by atoms with Crippen molar-refractivity contribution in [2.45, 2.75) is 36.9 Å². The molecule has 1 saturated carbocycles. The van der Waals surface area contributed by atoms with E-state index in [1.165, 1.54) is 6.20 Å². The number of anilines is 1. The number of ether oxygens (including phenoxy) is 1. The van der Waals surface area contributed by atoms with Gasteiger partial charge in [-0.15, -0.1) is 0 Å². The van der Waals surface area contributed by atoms with Gasteiger partial charge in [0.25, 0.3) is 10.0 Å². The van der Waals surface area contributed by atoms with Crippen LogP contribution in [0.3, 0.4) is 0 Å². The summed E-state index contributed by atoms with van der Waals surface area (Å²) in [6, 6.07) is 3.36. The molecule has 2 N–H and O–H groups in total. The summed E-state index contributed by atoms with van der Waals surface area (Å²) < 4.78 is 32.3. The van der Waals surface area contributed by atoms with Gasteiger partial charge < -0.3 is 10.1 Å². The molecule has 0 spiro atoms. The molecule has 0 radical (unpaired) electrons. The van der Waals surface area contributed by atoms with Crippen molar-refractivity contribution in [3.8, 4) is 0 Å². The Kier molecular flexibility index (Phi) is 4.38. The Morgan fingerprint density at radius 2 is 2.21 bits per heavy atom. The molecule has 106 valence electrons. The van der Waals surface area contributed by atoms with Gasteiger partial charge >= 0.3 is 0 Å². The number of hydrogen-bond donors (Lipinski definition) is 2. The largest absolute Gasteiger partial charge is 0.383 e. The van der Waals surface area contributed by atoms with Crippen LogP contribution in [0.2, 0.25) is 0 Å². The van der Waals surface area contributed by atoms with Gasteiger partial charge in [-0.25, -0.2) is 18.1 Å². The molecule has 0 aliphatic heterocycles. The molecule has 1 fully saturated rings. The van der Waals surface area contributed by atoms with Crippen LogP contribution in [0.5, 0.6) is 0 Å². The van der Waals surface area contributed by atoms with E-state index in [-0.39, 0.29) is 17.2 Å². The fraction of sp³-hybridized carbons (Fsp3) is 0.583. The number of nitrogens with zero attached hydrogens (tertiary/aromatic N) is 1. The Morgan fingerprint density at radius 3 is 2.84 bits per heavy atom. The number of pyridine rings is 1. The van der Waals surface area contributed by atoms with Crippen molar-refractivity contribution in [2.24, 2.45) is 0 Å². The highest BCUT2D eigenvalue weighted by Crippen LogP contribution is 2.25. The number of aromatic nitrogens is 1. The zero-order chi connectivity index (χ0) is 13.9. The minimum Gasteiger partial charge on any atom is -0.383 e. The quantitative estimate of drug-likeness (QED) is 0.814. The maximum absolute atomic E-state index is 12.3. The Morgan fingerprint density at radius 1 is 1.47 bits per heavy atom. The molecule has 0 unspecified atom stereocenters. The SMILES string of the molecule is CCNc1cccnc1S(=O)(=O)NC1CC(OC)C1. The number of nitrogens with one attached hydrogen (secondary N) is 2. The molecule has 0 atom stereocenters. The van der Waals surface area contributed by atoms with Crippen LogP contribution in [-0.2, 0) is 14.8 Å². The second-order valence-electron chi connectivity index (χ2n) is 4.53. The highest BCUT2D eigenvalue weighted by atomic mass is 32.2. The van der Waals surface area contributed by atoms with Crippen molar-refractivity contribution in [1.82, 2.24) is 9.71 Å². The summed E-state index contributed by atoms with van der Waals surface area (Å²) in [6.07, 6.45) is 3.05. The highest BCUT2D eigenvalue weighted by molar-refractivity contribution is 7.89. The van der Waals surface area contributed by atoms with Crippen LogP contribution >= 0.6 is 0 Å². The maximum Gasteiger partial charge on any atom is 0.260 e. The zero-order valence-corrected chi connectivity index (χ0v) is 11.9. The van der Waals surface area contributed by atoms with E-state index in [1.807, 2.05) is 6.92 Å². The van der Waals surface area contributed by atoms with Gasteiger partial charge in [0.15, 0.2) is 5.03 Å². The Bertz CT molecular complexity index is 527. The standard InChI is InChI=1S/C12H19N3O3S/c1-3-13-11-5-4-6-14-12(11)19(16,17)15-9-7-10(8-9)18-2/h4-6,9-10,13,15H,3,7-8H2,1-2H3. The van der Waals surface area contributed by atoms with Crippen molar-refractivity contribution in [1.29, 1.82) is 0 Å². The molecule has 7 heteroatoms. The normalized spacial score (nSPS) is 22.8. The molecule has 0 aromatic carbocycles. The van der Waals surface area contributed by atoms with E-state index in [1.54, 1.807) is 19.2 Å². The van der Waals surface area contributed by atoms with Crippen molar-refractivity contribution < 1.29 is 13.2 Å². The van der Waals surface area contributed by atoms with Crippen molar-refractivity contribution in [3.63, 3.8) is 0 Å². The molecule has 0 bridgehead atoms. The van der Waals surface area contributed by atoms with Gasteiger partial charge in [0.05, 0.1) is 11.8 Å². The van der Waals surface area contributed by atoms with Gasteiger partial charge in [-0.2, -0.15) is 0 Å². The second-order valence-corrected chi connectivity index (χ2v) is 6.16. The Hall–Kier alpha value is -1.18. The fourth-order valence-electron chi connectivity index (χ4n) is 2.06. The van der Waals surface area contributed by atoms with Gasteiger partial charge in [-0.05, 0) is 31.9 Å². The van der Waals surface area contributed by atoms with E-state index in [0.29, 0.717) is 25.1 Å². The summed E-state index contributed by atoms with van der Waals surface area (Å²) in [5.41, 5.74) is 0.528. The molecule has 0 amide bonds. The molecule has 6 nitrogen and oxygen atoms in total. The highest BCUT2D eigenvalue weighted by Gasteiger charge is 2.33. The number of sulfonamides is 1. The van der Waals surface area contributed by atoms with Crippen LogP contribution in [0, 0.1) is 0 Å². The Balaban J connectivity index is 2.11. The van der Waals surface area contributed by atoms with Gasteiger partial charge in [-0.3, -0.25) is 0 Å². The lowest BCUT2D eigenvalue weighted by Crippen LogP contribution is -2.47. The van der Waals surface area contributed by atoms with E-state index in [4.69, 9.17) is 4.74 Å². The lowest BCUT2D eigenvalue weighted by Gasteiger charge is -2.34. The molecule has 19 heavy (non-hydrogen) atoms. The molecule has 1 aliphatic carbocycles. The lowest BCUT2D eigenvalue weighted by atomic mass is 9.90. The summed E-state index contributed by atoms with van der Waals surface area (Å²) in [7, 11) is -1.95. The van der Waals surface area contributed by atoms with Gasteiger partial charge in [0.1, 0.15) is 0 Å². The fourth-order valence-corrected chi connectivity index (χ4v) is 3.43. The van der Waals surface area contributed by atoms with E-state index in [2.05, 4.69) is 15.0 Å². The van der Waals surface area contributed by atoms with Gasteiger partial charge in [-0.1, -0.05) is 0 Å². The lowest BCUT2D eigenvalue weighted by molar-refractivity contribution is 0.0236. The summed E-state index contributed by atoms with van der Waals surface area (Å²) in [4.78, 5) is 3.98. The van der Waals surface area contributed by atoms with E-state index in [0.717, 1.165) is 0 Å². The number of hydrogen-bond acceptors (Lipinski definition) is 5. The molecule has 1 aliphatic rings. The first-order chi connectivity index (χ1) is 9.06. The second kappa shape index (κ2) is 5.85. The van der Waals surface area contributed by atoms with Gasteiger partial charge in [0, 0.05) is 25.9 Å². The molecule has 1 aromatic heterocycles. The smallest absolute Gasteiger partial charge is 0.260 e. The number of methoxy groups -OCH3 is 1. The summed E-state index contributed by atoms with van der Waals surface area (Å²) in [5.74, 6) is 0. The van der Waals surface area contributed by atoms with E-state index in [9.17, 15) is 8.42 Å². The third-order valence-electron chi connectivity index (χ3n) is 3.14. The van der Waals surface area contributed by atoms with E-state index < -0.39 is 10.0 Å². The van der Waals surface area contributed by atoms with Crippen LogP contribution in [0.4, 0.5) is 5.69 Å². The van der Waals surface area contributed by atoms with Crippen LogP contribution in [0.1, 0.15) is 19.8 Å². The average Bonchev–Trinajstić information content (AvgIpc) is 2.34. The predicted molar refractivity (Wildman–Crippen MR) is 72.5 cm³/mol. The molecule has 1 aromatic rings. The third-order valence-corrected chi connectivity index (χ3v) is 4.62.